The number of nitrogens with zero attached hydrogens (tertiary/aromatic N) is 3. The summed E-state index contributed by atoms with van der Waals surface area (Å²) in [4.78, 5) is 21.1. The lowest BCUT2D eigenvalue weighted by molar-refractivity contribution is 0.0425. The number of carbonyl (C=O) groups excluding carboxylic acids is 1. The molecule has 0 saturated carbocycles. The summed E-state index contributed by atoms with van der Waals surface area (Å²) in [7, 11) is 0. The Bertz CT molecular complexity index is 835. The molecule has 1 aromatic carbocycles. The number of likely N-dealkylation sites (tertiary alicyclic amines) is 2. The normalized spacial score (nSPS) is 19.3. The van der Waals surface area contributed by atoms with Crippen LogP contribution in [0.3, 0.4) is 0 Å². The van der Waals surface area contributed by atoms with E-state index in [1.807, 2.05) is 17.0 Å². The second-order valence-corrected chi connectivity index (χ2v) is 8.09. The van der Waals surface area contributed by atoms with E-state index >= 15 is 0 Å². The van der Waals surface area contributed by atoms with Crippen LogP contribution < -0.4 is 4.74 Å². The topological polar surface area (TPSA) is 45.7 Å². The van der Waals surface area contributed by atoms with Gasteiger partial charge in [0, 0.05) is 44.6 Å². The molecule has 0 spiro atoms. The zero-order chi connectivity index (χ0) is 20.2. The highest BCUT2D eigenvalue weighted by molar-refractivity contribution is 6.33. The third-order valence-electron chi connectivity index (χ3n) is 5.86. The Balaban J connectivity index is 1.25. The third kappa shape index (κ3) is 4.87. The highest BCUT2D eigenvalue weighted by atomic mass is 35.5. The highest BCUT2D eigenvalue weighted by Crippen LogP contribution is 2.26. The average Bonchev–Trinajstić information content (AvgIpc) is 2.75. The summed E-state index contributed by atoms with van der Waals surface area (Å²) >= 11 is 6.05. The smallest absolute Gasteiger partial charge is 0.255 e. The van der Waals surface area contributed by atoms with Crippen LogP contribution in [0, 0.1) is 5.82 Å². The van der Waals surface area contributed by atoms with E-state index < -0.39 is 5.82 Å². The lowest BCUT2D eigenvalue weighted by atomic mass is 9.98. The Morgan fingerprint density at radius 1 is 1.03 bits per heavy atom. The molecule has 0 bridgehead atoms. The zero-order valence-electron chi connectivity index (χ0n) is 16.3. The first kappa shape index (κ1) is 20.1. The van der Waals surface area contributed by atoms with E-state index in [1.54, 1.807) is 12.4 Å². The monoisotopic (exact) mass is 417 g/mol. The molecule has 0 radical (unpaired) electrons. The van der Waals surface area contributed by atoms with E-state index in [9.17, 15) is 9.18 Å². The minimum absolute atomic E-state index is 0.113. The Morgan fingerprint density at radius 2 is 1.72 bits per heavy atom. The van der Waals surface area contributed by atoms with Crippen LogP contribution in [-0.2, 0) is 0 Å². The van der Waals surface area contributed by atoms with Gasteiger partial charge in [-0.05, 0) is 56.0 Å². The zero-order valence-corrected chi connectivity index (χ0v) is 17.0. The van der Waals surface area contributed by atoms with Crippen LogP contribution in [-0.4, -0.2) is 59.0 Å². The van der Waals surface area contributed by atoms with Crippen molar-refractivity contribution in [2.24, 2.45) is 0 Å². The fourth-order valence-corrected chi connectivity index (χ4v) is 4.48. The predicted molar refractivity (Wildman–Crippen MR) is 110 cm³/mol. The van der Waals surface area contributed by atoms with E-state index in [4.69, 9.17) is 16.3 Å². The van der Waals surface area contributed by atoms with Crippen molar-refractivity contribution in [3.63, 3.8) is 0 Å². The molecule has 5 nitrogen and oxygen atoms in total. The first-order valence-corrected chi connectivity index (χ1v) is 10.5. The number of hydrogen-bond acceptors (Lipinski definition) is 4. The summed E-state index contributed by atoms with van der Waals surface area (Å²) in [6.45, 7) is 3.42. The van der Waals surface area contributed by atoms with Gasteiger partial charge in [-0.1, -0.05) is 11.6 Å². The molecular formula is C22H25ClFN3O2. The van der Waals surface area contributed by atoms with E-state index in [1.165, 1.54) is 18.2 Å². The molecule has 2 aromatic rings. The Morgan fingerprint density at radius 3 is 2.38 bits per heavy atom. The summed E-state index contributed by atoms with van der Waals surface area (Å²) in [5.74, 6) is 0.337. The van der Waals surface area contributed by atoms with Crippen molar-refractivity contribution in [2.45, 2.75) is 37.8 Å². The second-order valence-electron chi connectivity index (χ2n) is 7.68. The molecule has 0 unspecified atom stereocenters. The van der Waals surface area contributed by atoms with Gasteiger partial charge in [0.05, 0.1) is 10.6 Å². The van der Waals surface area contributed by atoms with Gasteiger partial charge in [0.2, 0.25) is 0 Å². The van der Waals surface area contributed by atoms with Crippen molar-refractivity contribution in [2.75, 3.05) is 26.2 Å². The van der Waals surface area contributed by atoms with Gasteiger partial charge in [-0.2, -0.15) is 0 Å². The maximum absolute atomic E-state index is 13.2. The molecule has 29 heavy (non-hydrogen) atoms. The molecule has 2 aliphatic heterocycles. The number of benzene rings is 1. The summed E-state index contributed by atoms with van der Waals surface area (Å²) < 4.78 is 19.3. The lowest BCUT2D eigenvalue weighted by Crippen LogP contribution is -2.50. The molecule has 2 fully saturated rings. The average molecular weight is 418 g/mol. The van der Waals surface area contributed by atoms with Gasteiger partial charge in [-0.15, -0.1) is 0 Å². The number of amides is 1. The Hall–Kier alpha value is -2.18. The second kappa shape index (κ2) is 9.09. The van der Waals surface area contributed by atoms with Gasteiger partial charge in [0.25, 0.3) is 5.91 Å². The quantitative estimate of drug-likeness (QED) is 0.753. The van der Waals surface area contributed by atoms with Crippen LogP contribution >= 0.6 is 11.6 Å². The molecule has 1 aromatic heterocycles. The van der Waals surface area contributed by atoms with Gasteiger partial charge < -0.3 is 9.64 Å². The number of carbonyl (C=O) groups is 1. The molecule has 7 heteroatoms. The summed E-state index contributed by atoms with van der Waals surface area (Å²) in [6, 6.07) is 8.23. The molecule has 4 rings (SSSR count). The van der Waals surface area contributed by atoms with Gasteiger partial charge in [0.15, 0.2) is 0 Å². The van der Waals surface area contributed by atoms with Crippen molar-refractivity contribution in [1.82, 2.24) is 14.8 Å². The molecule has 0 N–H and O–H groups in total. The number of pyridine rings is 1. The van der Waals surface area contributed by atoms with E-state index in [0.717, 1.165) is 44.5 Å². The van der Waals surface area contributed by atoms with Crippen LogP contribution in [0.5, 0.6) is 5.75 Å². The van der Waals surface area contributed by atoms with Gasteiger partial charge in [-0.25, -0.2) is 4.39 Å². The fourth-order valence-electron chi connectivity index (χ4n) is 4.24. The summed E-state index contributed by atoms with van der Waals surface area (Å²) in [6.07, 6.45) is 7.65. The third-order valence-corrected chi connectivity index (χ3v) is 6.17. The van der Waals surface area contributed by atoms with E-state index in [-0.39, 0.29) is 17.0 Å². The van der Waals surface area contributed by atoms with E-state index in [0.29, 0.717) is 24.7 Å². The Kier molecular flexibility index (Phi) is 6.31. The first-order chi connectivity index (χ1) is 14.1. The van der Waals surface area contributed by atoms with Crippen LogP contribution in [0.25, 0.3) is 0 Å². The van der Waals surface area contributed by atoms with Gasteiger partial charge >= 0.3 is 0 Å². The van der Waals surface area contributed by atoms with Crippen LogP contribution in [0.2, 0.25) is 5.02 Å². The van der Waals surface area contributed by atoms with Crippen LogP contribution in [0.4, 0.5) is 4.39 Å². The van der Waals surface area contributed by atoms with Crippen molar-refractivity contribution in [3.05, 3.63) is 59.1 Å². The molecule has 2 aliphatic rings. The van der Waals surface area contributed by atoms with Crippen molar-refractivity contribution in [3.8, 4) is 5.75 Å². The minimum Gasteiger partial charge on any atom is -0.490 e. The number of halogens is 2. The van der Waals surface area contributed by atoms with Crippen LogP contribution in [0.1, 0.15) is 36.0 Å². The number of aromatic nitrogens is 1. The maximum atomic E-state index is 13.2. The first-order valence-electron chi connectivity index (χ1n) is 10.2. The van der Waals surface area contributed by atoms with Gasteiger partial charge in [0.1, 0.15) is 17.7 Å². The molecule has 1 amide bonds. The molecule has 0 aliphatic carbocycles. The minimum atomic E-state index is -0.429. The number of hydrogen-bond donors (Lipinski definition) is 0. The summed E-state index contributed by atoms with van der Waals surface area (Å²) in [5.41, 5.74) is 0.376. The number of ether oxygens (including phenoxy) is 1. The molecular weight excluding hydrogens is 393 g/mol. The van der Waals surface area contributed by atoms with Crippen LogP contribution in [0.15, 0.2) is 42.7 Å². The molecule has 154 valence electrons. The van der Waals surface area contributed by atoms with Crippen molar-refractivity contribution >= 4 is 17.5 Å². The number of rotatable bonds is 4. The van der Waals surface area contributed by atoms with Crippen molar-refractivity contribution in [1.29, 1.82) is 0 Å². The summed E-state index contributed by atoms with van der Waals surface area (Å²) in [5, 5.41) is 0.174. The fraction of sp³-hybridized carbons (Fsp3) is 0.455. The Labute approximate surface area is 175 Å². The SMILES string of the molecule is O=C(c1ccc(F)cc1Cl)N1CCC(N2CCC(Oc3ccncc3)CC2)CC1. The van der Waals surface area contributed by atoms with E-state index in [2.05, 4.69) is 9.88 Å². The number of piperidine rings is 2. The molecule has 2 saturated heterocycles. The maximum Gasteiger partial charge on any atom is 0.255 e. The molecule has 3 heterocycles. The largest absolute Gasteiger partial charge is 0.490 e. The predicted octanol–water partition coefficient (Wildman–Crippen LogP) is 4.02. The standard InChI is InChI=1S/C22H25ClFN3O2/c23-21-15-16(24)1-2-20(21)22(28)27-11-5-17(6-12-27)26-13-7-19(8-14-26)29-18-3-9-25-10-4-18/h1-4,9-10,15,17,19H,5-8,11-14H2. The van der Waals surface area contributed by atoms with Crippen molar-refractivity contribution < 1.29 is 13.9 Å². The van der Waals surface area contributed by atoms with Gasteiger partial charge in [-0.3, -0.25) is 14.7 Å². The lowest BCUT2D eigenvalue weighted by Gasteiger charge is -2.41. The highest BCUT2D eigenvalue weighted by Gasteiger charge is 2.31. The molecule has 0 atom stereocenters.